The number of anilines is 2. The summed E-state index contributed by atoms with van der Waals surface area (Å²) < 4.78 is 5.13. The van der Waals surface area contributed by atoms with Gasteiger partial charge in [0.15, 0.2) is 0 Å². The molecule has 6 heteroatoms. The number of hydrogen-bond donors (Lipinski definition) is 4. The SMILES string of the molecule is COc1ccc(NC(=O)C(C)C)c(NCC(O)CO)c1. The lowest BCUT2D eigenvalue weighted by Gasteiger charge is -2.16. The van der Waals surface area contributed by atoms with Crippen LogP contribution in [0.5, 0.6) is 5.75 Å². The van der Waals surface area contributed by atoms with E-state index >= 15 is 0 Å². The molecule has 1 unspecified atom stereocenters. The van der Waals surface area contributed by atoms with Crippen LogP contribution in [-0.4, -0.2) is 42.5 Å². The Morgan fingerprint density at radius 2 is 2.05 bits per heavy atom. The molecular weight excluding hydrogens is 260 g/mol. The van der Waals surface area contributed by atoms with Crippen LogP contribution in [0.3, 0.4) is 0 Å². The third-order valence-corrected chi connectivity index (χ3v) is 2.75. The van der Waals surface area contributed by atoms with Gasteiger partial charge in [-0.2, -0.15) is 0 Å². The monoisotopic (exact) mass is 282 g/mol. The second-order valence-corrected chi connectivity index (χ2v) is 4.77. The Hall–Kier alpha value is -1.79. The largest absolute Gasteiger partial charge is 0.497 e. The van der Waals surface area contributed by atoms with Crippen LogP contribution in [0.15, 0.2) is 18.2 Å². The van der Waals surface area contributed by atoms with Crippen LogP contribution < -0.4 is 15.4 Å². The molecule has 1 atom stereocenters. The normalized spacial score (nSPS) is 12.1. The molecule has 6 nitrogen and oxygen atoms in total. The molecule has 0 aliphatic heterocycles. The van der Waals surface area contributed by atoms with E-state index < -0.39 is 6.10 Å². The number of carbonyl (C=O) groups excluding carboxylic acids is 1. The summed E-state index contributed by atoms with van der Waals surface area (Å²) in [5.74, 6) is 0.405. The van der Waals surface area contributed by atoms with Gasteiger partial charge < -0.3 is 25.6 Å². The van der Waals surface area contributed by atoms with Gasteiger partial charge in [0.1, 0.15) is 5.75 Å². The van der Waals surface area contributed by atoms with Crippen molar-refractivity contribution in [3.8, 4) is 5.75 Å². The average Bonchev–Trinajstić information content (AvgIpc) is 2.45. The summed E-state index contributed by atoms with van der Waals surface area (Å²) in [5.41, 5.74) is 1.24. The molecule has 0 aromatic heterocycles. The summed E-state index contributed by atoms with van der Waals surface area (Å²) >= 11 is 0. The van der Waals surface area contributed by atoms with Gasteiger partial charge in [0.25, 0.3) is 0 Å². The maximum Gasteiger partial charge on any atom is 0.226 e. The first kappa shape index (κ1) is 16.3. The number of aliphatic hydroxyl groups excluding tert-OH is 2. The molecular formula is C14H22N2O4. The molecule has 1 amide bonds. The average molecular weight is 282 g/mol. The Balaban J connectivity index is 2.88. The van der Waals surface area contributed by atoms with E-state index in [4.69, 9.17) is 9.84 Å². The van der Waals surface area contributed by atoms with Gasteiger partial charge >= 0.3 is 0 Å². The third-order valence-electron chi connectivity index (χ3n) is 2.75. The molecule has 1 aromatic carbocycles. The minimum atomic E-state index is -0.866. The number of rotatable bonds is 7. The quantitative estimate of drug-likeness (QED) is 0.600. The van der Waals surface area contributed by atoms with Crippen molar-refractivity contribution in [3.63, 3.8) is 0 Å². The van der Waals surface area contributed by atoms with Crippen LogP contribution in [-0.2, 0) is 4.79 Å². The summed E-state index contributed by atoms with van der Waals surface area (Å²) in [4.78, 5) is 11.8. The van der Waals surface area contributed by atoms with Crippen LogP contribution in [0, 0.1) is 5.92 Å². The Morgan fingerprint density at radius 1 is 1.35 bits per heavy atom. The lowest BCUT2D eigenvalue weighted by molar-refractivity contribution is -0.118. The number of benzene rings is 1. The van der Waals surface area contributed by atoms with E-state index in [0.717, 1.165) is 0 Å². The van der Waals surface area contributed by atoms with E-state index in [9.17, 15) is 9.90 Å². The first-order valence-electron chi connectivity index (χ1n) is 6.49. The molecule has 0 aliphatic carbocycles. The van der Waals surface area contributed by atoms with Crippen molar-refractivity contribution in [3.05, 3.63) is 18.2 Å². The number of amides is 1. The van der Waals surface area contributed by atoms with Gasteiger partial charge in [-0.05, 0) is 12.1 Å². The van der Waals surface area contributed by atoms with E-state index in [1.54, 1.807) is 25.3 Å². The zero-order chi connectivity index (χ0) is 15.1. The summed E-state index contributed by atoms with van der Waals surface area (Å²) in [6, 6.07) is 5.19. The maximum atomic E-state index is 11.8. The van der Waals surface area contributed by atoms with E-state index in [0.29, 0.717) is 17.1 Å². The molecule has 20 heavy (non-hydrogen) atoms. The van der Waals surface area contributed by atoms with Gasteiger partial charge in [0, 0.05) is 18.5 Å². The number of aliphatic hydroxyl groups is 2. The Morgan fingerprint density at radius 3 is 2.60 bits per heavy atom. The molecule has 0 bridgehead atoms. The highest BCUT2D eigenvalue weighted by atomic mass is 16.5. The Labute approximate surface area is 118 Å². The zero-order valence-electron chi connectivity index (χ0n) is 12.0. The summed E-state index contributed by atoms with van der Waals surface area (Å²) in [5, 5.41) is 24.0. The third kappa shape index (κ3) is 4.71. The predicted octanol–water partition coefficient (Wildman–Crippen LogP) is 1.05. The van der Waals surface area contributed by atoms with Crippen molar-refractivity contribution in [1.29, 1.82) is 0 Å². The minimum Gasteiger partial charge on any atom is -0.497 e. The topological polar surface area (TPSA) is 90.8 Å². The van der Waals surface area contributed by atoms with Crippen LogP contribution in [0.1, 0.15) is 13.8 Å². The van der Waals surface area contributed by atoms with Crippen LogP contribution in [0.2, 0.25) is 0 Å². The lowest BCUT2D eigenvalue weighted by Crippen LogP contribution is -2.24. The van der Waals surface area contributed by atoms with Crippen molar-refractivity contribution < 1.29 is 19.7 Å². The van der Waals surface area contributed by atoms with E-state index in [1.807, 2.05) is 13.8 Å². The summed E-state index contributed by atoms with van der Waals surface area (Å²) in [6.07, 6.45) is -0.866. The number of hydrogen-bond acceptors (Lipinski definition) is 5. The molecule has 0 heterocycles. The molecule has 1 rings (SSSR count). The van der Waals surface area contributed by atoms with E-state index in [-0.39, 0.29) is 25.0 Å². The minimum absolute atomic E-state index is 0.0964. The fraction of sp³-hybridized carbons (Fsp3) is 0.500. The molecule has 112 valence electrons. The first-order valence-corrected chi connectivity index (χ1v) is 6.49. The molecule has 0 spiro atoms. The smallest absolute Gasteiger partial charge is 0.226 e. The van der Waals surface area contributed by atoms with Crippen LogP contribution in [0.4, 0.5) is 11.4 Å². The van der Waals surface area contributed by atoms with Crippen molar-refractivity contribution >= 4 is 17.3 Å². The standard InChI is InChI=1S/C14H22N2O4/c1-9(2)14(19)16-12-5-4-11(20-3)6-13(12)15-7-10(18)8-17/h4-6,9-10,15,17-18H,7-8H2,1-3H3,(H,16,19). The van der Waals surface area contributed by atoms with Gasteiger partial charge in [-0.15, -0.1) is 0 Å². The van der Waals surface area contributed by atoms with Gasteiger partial charge in [-0.3, -0.25) is 4.79 Å². The number of carbonyl (C=O) groups is 1. The Bertz CT molecular complexity index is 449. The van der Waals surface area contributed by atoms with Gasteiger partial charge in [0.2, 0.25) is 5.91 Å². The van der Waals surface area contributed by atoms with Crippen molar-refractivity contribution in [2.75, 3.05) is 30.9 Å². The van der Waals surface area contributed by atoms with Gasteiger partial charge in [-0.1, -0.05) is 13.8 Å². The number of nitrogens with one attached hydrogen (secondary N) is 2. The number of methoxy groups -OCH3 is 1. The van der Waals surface area contributed by atoms with Crippen molar-refractivity contribution in [2.45, 2.75) is 20.0 Å². The fourth-order valence-corrected chi connectivity index (χ4v) is 1.47. The second kappa shape index (κ2) is 7.72. The second-order valence-electron chi connectivity index (χ2n) is 4.77. The summed E-state index contributed by atoms with van der Waals surface area (Å²) in [7, 11) is 1.55. The fourth-order valence-electron chi connectivity index (χ4n) is 1.47. The molecule has 0 radical (unpaired) electrons. The molecule has 1 aromatic rings. The van der Waals surface area contributed by atoms with Gasteiger partial charge in [-0.25, -0.2) is 0 Å². The molecule has 0 saturated carbocycles. The van der Waals surface area contributed by atoms with E-state index in [2.05, 4.69) is 10.6 Å². The first-order chi connectivity index (χ1) is 9.47. The lowest BCUT2D eigenvalue weighted by atomic mass is 10.2. The summed E-state index contributed by atoms with van der Waals surface area (Å²) in [6.45, 7) is 3.46. The molecule has 0 fully saturated rings. The Kier molecular flexibility index (Phi) is 6.27. The molecule has 0 saturated heterocycles. The maximum absolute atomic E-state index is 11.8. The highest BCUT2D eigenvalue weighted by molar-refractivity contribution is 5.95. The van der Waals surface area contributed by atoms with Crippen molar-refractivity contribution in [2.24, 2.45) is 5.92 Å². The molecule has 4 N–H and O–H groups in total. The van der Waals surface area contributed by atoms with Crippen LogP contribution in [0.25, 0.3) is 0 Å². The predicted molar refractivity (Wildman–Crippen MR) is 78.0 cm³/mol. The molecule has 0 aliphatic rings. The highest BCUT2D eigenvalue weighted by Gasteiger charge is 2.12. The van der Waals surface area contributed by atoms with Gasteiger partial charge in [0.05, 0.1) is 31.2 Å². The zero-order valence-corrected chi connectivity index (χ0v) is 12.0. The number of ether oxygens (including phenoxy) is 1. The highest BCUT2D eigenvalue weighted by Crippen LogP contribution is 2.27. The van der Waals surface area contributed by atoms with Crippen molar-refractivity contribution in [1.82, 2.24) is 0 Å². The van der Waals surface area contributed by atoms with Crippen LogP contribution >= 0.6 is 0 Å². The van der Waals surface area contributed by atoms with E-state index in [1.165, 1.54) is 0 Å².